The quantitative estimate of drug-likeness (QED) is 0.826. The van der Waals surface area contributed by atoms with Crippen LogP contribution in [0.25, 0.3) is 0 Å². The van der Waals surface area contributed by atoms with Crippen molar-refractivity contribution in [1.82, 2.24) is 4.90 Å². The Morgan fingerprint density at radius 3 is 2.14 bits per heavy atom. The van der Waals surface area contributed by atoms with Gasteiger partial charge in [-0.2, -0.15) is 8.78 Å². The van der Waals surface area contributed by atoms with Crippen molar-refractivity contribution in [3.63, 3.8) is 0 Å². The highest BCUT2D eigenvalue weighted by molar-refractivity contribution is 5.95. The van der Waals surface area contributed by atoms with E-state index in [1.807, 2.05) is 4.90 Å². The lowest BCUT2D eigenvalue weighted by Gasteiger charge is -2.29. The number of carbonyl (C=O) groups is 1. The molecule has 0 spiro atoms. The zero-order valence-electron chi connectivity index (χ0n) is 11.8. The third-order valence-corrected chi connectivity index (χ3v) is 4.22. The number of alkyl halides is 2. The number of ether oxygens (including phenoxy) is 1. The van der Waals surface area contributed by atoms with Crippen molar-refractivity contribution in [2.45, 2.75) is 57.2 Å². The Bertz CT molecular complexity index is 494. The van der Waals surface area contributed by atoms with Gasteiger partial charge in [0.2, 0.25) is 0 Å². The van der Waals surface area contributed by atoms with E-state index in [2.05, 4.69) is 4.74 Å². The monoisotopic (exact) mass is 295 g/mol. The van der Waals surface area contributed by atoms with Crippen LogP contribution in [-0.4, -0.2) is 29.5 Å². The largest absolute Gasteiger partial charge is 0.435 e. The van der Waals surface area contributed by atoms with Gasteiger partial charge in [0.1, 0.15) is 5.75 Å². The minimum Gasteiger partial charge on any atom is -0.435 e. The molecule has 2 saturated carbocycles. The van der Waals surface area contributed by atoms with Gasteiger partial charge in [0.05, 0.1) is 0 Å². The third-order valence-electron chi connectivity index (χ3n) is 4.22. The second-order valence-corrected chi connectivity index (χ2v) is 5.78. The molecule has 0 bridgehead atoms. The molecule has 0 unspecified atom stereocenters. The summed E-state index contributed by atoms with van der Waals surface area (Å²) in [5.41, 5.74) is 0.551. The number of benzene rings is 1. The number of carbonyl (C=O) groups excluding carboxylic acids is 1. The zero-order chi connectivity index (χ0) is 14.8. The van der Waals surface area contributed by atoms with Gasteiger partial charge in [0.25, 0.3) is 5.91 Å². The number of amides is 1. The maximum absolute atomic E-state index is 12.7. The first kappa shape index (κ1) is 14.3. The van der Waals surface area contributed by atoms with Crippen LogP contribution >= 0.6 is 0 Å². The van der Waals surface area contributed by atoms with Crippen LogP contribution in [0.15, 0.2) is 24.3 Å². The molecule has 0 aromatic heterocycles. The Kier molecular flexibility index (Phi) is 4.08. The molecule has 2 fully saturated rings. The van der Waals surface area contributed by atoms with Crippen LogP contribution in [0.3, 0.4) is 0 Å². The van der Waals surface area contributed by atoms with Crippen LogP contribution in [-0.2, 0) is 0 Å². The fraction of sp³-hybridized carbons (Fsp3) is 0.562. The van der Waals surface area contributed by atoms with Crippen molar-refractivity contribution in [3.8, 4) is 5.75 Å². The predicted octanol–water partition coefficient (Wildman–Crippen LogP) is 3.84. The summed E-state index contributed by atoms with van der Waals surface area (Å²) in [5.74, 6) is 0.105. The summed E-state index contributed by atoms with van der Waals surface area (Å²) in [5, 5.41) is 0. The minimum atomic E-state index is -2.84. The maximum Gasteiger partial charge on any atom is 0.387 e. The van der Waals surface area contributed by atoms with Crippen LogP contribution in [0.5, 0.6) is 5.75 Å². The van der Waals surface area contributed by atoms with E-state index in [9.17, 15) is 13.6 Å². The van der Waals surface area contributed by atoms with E-state index in [0.717, 1.165) is 25.7 Å². The van der Waals surface area contributed by atoms with Crippen molar-refractivity contribution in [2.75, 3.05) is 0 Å². The number of rotatable bonds is 5. The first-order valence-corrected chi connectivity index (χ1v) is 7.52. The molecule has 1 aromatic rings. The van der Waals surface area contributed by atoms with E-state index in [1.54, 1.807) is 12.1 Å². The molecule has 0 atom stereocenters. The highest BCUT2D eigenvalue weighted by Gasteiger charge is 2.38. The van der Waals surface area contributed by atoms with Gasteiger partial charge in [0.15, 0.2) is 0 Å². The van der Waals surface area contributed by atoms with Crippen LogP contribution in [0.4, 0.5) is 8.78 Å². The Morgan fingerprint density at radius 1 is 1.05 bits per heavy atom. The van der Waals surface area contributed by atoms with Crippen molar-refractivity contribution < 1.29 is 18.3 Å². The normalized spacial score (nSPS) is 19.0. The molecule has 0 heterocycles. The molecular formula is C16H19F2NO2. The van der Waals surface area contributed by atoms with E-state index in [0.29, 0.717) is 17.6 Å². The zero-order valence-corrected chi connectivity index (χ0v) is 11.8. The fourth-order valence-electron chi connectivity index (χ4n) is 3.09. The van der Waals surface area contributed by atoms with Crippen molar-refractivity contribution in [3.05, 3.63) is 29.8 Å². The number of hydrogen-bond acceptors (Lipinski definition) is 2. The second kappa shape index (κ2) is 6.00. The molecule has 21 heavy (non-hydrogen) atoms. The smallest absolute Gasteiger partial charge is 0.387 e. The van der Waals surface area contributed by atoms with E-state index < -0.39 is 6.61 Å². The summed E-state index contributed by atoms with van der Waals surface area (Å²) >= 11 is 0. The van der Waals surface area contributed by atoms with E-state index in [-0.39, 0.29) is 11.7 Å². The molecule has 1 amide bonds. The molecule has 3 rings (SSSR count). The summed E-state index contributed by atoms with van der Waals surface area (Å²) in [6.45, 7) is -2.84. The summed E-state index contributed by atoms with van der Waals surface area (Å²) in [7, 11) is 0. The molecule has 1 aromatic carbocycles. The van der Waals surface area contributed by atoms with Gasteiger partial charge in [-0.15, -0.1) is 0 Å². The molecule has 0 N–H and O–H groups in total. The van der Waals surface area contributed by atoms with Gasteiger partial charge < -0.3 is 9.64 Å². The Hall–Kier alpha value is -1.65. The van der Waals surface area contributed by atoms with Crippen LogP contribution < -0.4 is 4.74 Å². The number of nitrogens with zero attached hydrogens (tertiary/aromatic N) is 1. The summed E-state index contributed by atoms with van der Waals surface area (Å²) in [6, 6.07) is 6.73. The lowest BCUT2D eigenvalue weighted by molar-refractivity contribution is -0.0498. The molecular weight excluding hydrogens is 276 g/mol. The SMILES string of the molecule is O=C(c1ccc(OC(F)F)cc1)N(C1CCCC1)C1CC1. The Balaban J connectivity index is 1.73. The van der Waals surface area contributed by atoms with Crippen LogP contribution in [0, 0.1) is 0 Å². The second-order valence-electron chi connectivity index (χ2n) is 5.78. The number of halogens is 2. The van der Waals surface area contributed by atoms with E-state index in [4.69, 9.17) is 0 Å². The average Bonchev–Trinajstić information content (AvgIpc) is 3.13. The van der Waals surface area contributed by atoms with Gasteiger partial charge in [-0.25, -0.2) is 0 Å². The molecule has 2 aliphatic rings. The molecule has 0 aliphatic heterocycles. The molecule has 0 saturated heterocycles. The first-order valence-electron chi connectivity index (χ1n) is 7.52. The Morgan fingerprint density at radius 2 is 1.62 bits per heavy atom. The maximum atomic E-state index is 12.7. The van der Waals surface area contributed by atoms with Crippen molar-refractivity contribution in [1.29, 1.82) is 0 Å². The van der Waals surface area contributed by atoms with Crippen molar-refractivity contribution in [2.24, 2.45) is 0 Å². The van der Waals surface area contributed by atoms with Gasteiger partial charge in [-0.3, -0.25) is 4.79 Å². The van der Waals surface area contributed by atoms with Crippen molar-refractivity contribution >= 4 is 5.91 Å². The van der Waals surface area contributed by atoms with Gasteiger partial charge in [-0.05, 0) is 49.9 Å². The van der Waals surface area contributed by atoms with Gasteiger partial charge in [0, 0.05) is 17.6 Å². The summed E-state index contributed by atoms with van der Waals surface area (Å²) in [6.07, 6.45) is 6.68. The fourth-order valence-corrected chi connectivity index (χ4v) is 3.09. The molecule has 0 radical (unpaired) electrons. The lowest BCUT2D eigenvalue weighted by Crippen LogP contribution is -2.40. The summed E-state index contributed by atoms with van der Waals surface area (Å²) < 4.78 is 28.6. The highest BCUT2D eigenvalue weighted by Crippen LogP contribution is 2.35. The van der Waals surface area contributed by atoms with Gasteiger partial charge >= 0.3 is 6.61 Å². The van der Waals surface area contributed by atoms with E-state index >= 15 is 0 Å². The average molecular weight is 295 g/mol. The Labute approximate surface area is 122 Å². The van der Waals surface area contributed by atoms with E-state index in [1.165, 1.54) is 25.0 Å². The topological polar surface area (TPSA) is 29.5 Å². The van der Waals surface area contributed by atoms with Crippen LogP contribution in [0.2, 0.25) is 0 Å². The first-order chi connectivity index (χ1) is 10.1. The predicted molar refractivity (Wildman–Crippen MR) is 74.5 cm³/mol. The lowest BCUT2D eigenvalue weighted by atomic mass is 10.1. The standard InChI is InChI=1S/C16H19F2NO2/c17-16(18)21-14-9-5-11(6-10-14)15(20)19(13-7-8-13)12-3-1-2-4-12/h5-6,9-10,12-13,16H,1-4,7-8H2. The highest BCUT2D eigenvalue weighted by atomic mass is 19.3. The molecule has 3 nitrogen and oxygen atoms in total. The minimum absolute atomic E-state index is 0.0213. The molecule has 114 valence electrons. The molecule has 2 aliphatic carbocycles. The number of hydrogen-bond donors (Lipinski definition) is 0. The van der Waals surface area contributed by atoms with Gasteiger partial charge in [-0.1, -0.05) is 12.8 Å². The summed E-state index contributed by atoms with van der Waals surface area (Å²) in [4.78, 5) is 14.7. The molecule has 5 heteroatoms. The third kappa shape index (κ3) is 3.34. The van der Waals surface area contributed by atoms with Crippen LogP contribution in [0.1, 0.15) is 48.9 Å².